The molecule has 0 radical (unpaired) electrons. The van der Waals surface area contributed by atoms with Gasteiger partial charge in [0.2, 0.25) is 0 Å². The van der Waals surface area contributed by atoms with Gasteiger partial charge in [-0.3, -0.25) is 0 Å². The summed E-state index contributed by atoms with van der Waals surface area (Å²) in [5.41, 5.74) is 0.896. The first kappa shape index (κ1) is 7.53. The first-order valence-electron chi connectivity index (χ1n) is 12.0. The van der Waals surface area contributed by atoms with Gasteiger partial charge in [0.25, 0.3) is 0 Å². The molecular formula is C22H22O. The molecule has 0 unspecified atom stereocenters. The quantitative estimate of drug-likeness (QED) is 0.354. The Bertz CT molecular complexity index is 1450. The maximum absolute atomic E-state index is 8.61. The van der Waals surface area contributed by atoms with Crippen LogP contribution in [0.3, 0.4) is 0 Å². The van der Waals surface area contributed by atoms with E-state index in [2.05, 4.69) is 0 Å². The van der Waals surface area contributed by atoms with E-state index in [0.717, 1.165) is 0 Å². The topological polar surface area (TPSA) is 13.1 Å². The number of fused-ring (bicyclic) bond motifs is 5. The Morgan fingerprint density at radius 2 is 1.61 bits per heavy atom. The molecule has 1 aromatic heterocycles. The molecule has 4 rings (SSSR count). The highest BCUT2D eigenvalue weighted by atomic mass is 16.3. The van der Waals surface area contributed by atoms with Gasteiger partial charge in [0, 0.05) is 25.8 Å². The van der Waals surface area contributed by atoms with Crippen LogP contribution >= 0.6 is 0 Å². The minimum atomic E-state index is -2.65. The molecule has 0 bridgehead atoms. The van der Waals surface area contributed by atoms with E-state index >= 15 is 0 Å². The number of aryl methyl sites for hydroxylation is 1. The van der Waals surface area contributed by atoms with Crippen molar-refractivity contribution in [1.82, 2.24) is 0 Å². The molecule has 0 atom stereocenters. The van der Waals surface area contributed by atoms with Crippen molar-refractivity contribution in [2.75, 3.05) is 0 Å². The summed E-state index contributed by atoms with van der Waals surface area (Å²) in [7, 11) is 0. The van der Waals surface area contributed by atoms with E-state index in [1.807, 2.05) is 20.8 Å². The summed E-state index contributed by atoms with van der Waals surface area (Å²) in [5, 5.41) is 0.493. The second kappa shape index (κ2) is 4.61. The van der Waals surface area contributed by atoms with E-state index in [1.165, 1.54) is 6.07 Å². The average Bonchev–Trinajstić information content (AvgIpc) is 3.04. The van der Waals surface area contributed by atoms with Crippen LogP contribution in [-0.2, 0) is 5.41 Å². The van der Waals surface area contributed by atoms with E-state index in [1.54, 1.807) is 6.92 Å². The highest BCUT2D eigenvalue weighted by Gasteiger charge is 2.23. The number of furan rings is 1. The van der Waals surface area contributed by atoms with E-state index < -0.39 is 24.4 Å². The summed E-state index contributed by atoms with van der Waals surface area (Å²) in [4.78, 5) is 0. The van der Waals surface area contributed by atoms with Crippen molar-refractivity contribution in [2.24, 2.45) is 0 Å². The summed E-state index contributed by atoms with van der Waals surface area (Å²) >= 11 is 0. The Morgan fingerprint density at radius 3 is 2.35 bits per heavy atom. The van der Waals surface area contributed by atoms with Crippen LogP contribution < -0.4 is 0 Å². The van der Waals surface area contributed by atoms with Crippen LogP contribution in [0.2, 0.25) is 0 Å². The summed E-state index contributed by atoms with van der Waals surface area (Å²) in [6.45, 7) is 4.93. The minimum Gasteiger partial charge on any atom is -0.455 e. The van der Waals surface area contributed by atoms with Crippen LogP contribution in [-0.4, -0.2) is 0 Å². The first-order valence-corrected chi connectivity index (χ1v) is 7.49. The van der Waals surface area contributed by atoms with Crippen LogP contribution in [0.1, 0.15) is 49.8 Å². The third kappa shape index (κ3) is 2.07. The van der Waals surface area contributed by atoms with Gasteiger partial charge in [-0.15, -0.1) is 0 Å². The lowest BCUT2D eigenvalue weighted by Gasteiger charge is -2.21. The molecule has 0 aliphatic rings. The molecule has 0 spiro atoms. The highest BCUT2D eigenvalue weighted by molar-refractivity contribution is 6.15. The Morgan fingerprint density at radius 1 is 0.913 bits per heavy atom. The largest absolute Gasteiger partial charge is 0.455 e. The lowest BCUT2D eigenvalue weighted by molar-refractivity contribution is 0.570. The molecule has 1 heterocycles. The fourth-order valence-electron chi connectivity index (χ4n) is 3.18. The van der Waals surface area contributed by atoms with Crippen molar-refractivity contribution in [1.29, 1.82) is 0 Å². The van der Waals surface area contributed by atoms with Crippen molar-refractivity contribution in [3.05, 3.63) is 59.0 Å². The van der Waals surface area contributed by atoms with Gasteiger partial charge in [-0.1, -0.05) is 56.5 Å². The lowest BCUT2D eigenvalue weighted by atomic mass is 9.83. The van der Waals surface area contributed by atoms with Gasteiger partial charge in [-0.25, -0.2) is 0 Å². The zero-order valence-electron chi connectivity index (χ0n) is 22.5. The van der Waals surface area contributed by atoms with Gasteiger partial charge in [-0.2, -0.15) is 0 Å². The number of hydrogen-bond acceptors (Lipinski definition) is 1. The average molecular weight is 311 g/mol. The van der Waals surface area contributed by atoms with Crippen molar-refractivity contribution >= 4 is 32.7 Å². The second-order valence-corrected chi connectivity index (χ2v) is 6.86. The lowest BCUT2D eigenvalue weighted by Crippen LogP contribution is -2.13. The maximum atomic E-state index is 8.61. The van der Waals surface area contributed by atoms with Crippen LogP contribution in [0, 0.1) is 13.8 Å². The molecule has 23 heavy (non-hydrogen) atoms. The van der Waals surface area contributed by atoms with Crippen molar-refractivity contribution in [3.63, 3.8) is 0 Å². The molecule has 3 aromatic carbocycles. The Hall–Kier alpha value is -2.28. The van der Waals surface area contributed by atoms with E-state index in [0.29, 0.717) is 16.7 Å². The molecule has 0 saturated heterocycles. The molecule has 0 aliphatic heterocycles. The zero-order valence-corrected chi connectivity index (χ0v) is 13.5. The summed E-state index contributed by atoms with van der Waals surface area (Å²) in [6, 6.07) is -0.472. The highest BCUT2D eigenvalue weighted by Crippen LogP contribution is 2.40. The number of benzene rings is 3. The van der Waals surface area contributed by atoms with Crippen molar-refractivity contribution < 1.29 is 16.8 Å². The van der Waals surface area contributed by atoms with Crippen LogP contribution in [0.25, 0.3) is 32.7 Å². The standard InChI is InChI=1S/C22H22O/c1-13-6-8-15-9-11-16-17-10-7-14(2)19(22(3,4)5)21(17)23-20(16)18(15)12-13/h6-12H,1-5H3/i1D3,6D,7D,8D,9D,10D,11D. The predicted molar refractivity (Wildman–Crippen MR) is 99.4 cm³/mol. The number of hydrogen-bond donors (Lipinski definition) is 0. The Balaban J connectivity index is 2.40. The van der Waals surface area contributed by atoms with Crippen molar-refractivity contribution in [2.45, 2.75) is 40.0 Å². The molecule has 4 aromatic rings. The molecule has 0 saturated carbocycles. The van der Waals surface area contributed by atoms with Gasteiger partial charge >= 0.3 is 0 Å². The summed E-state index contributed by atoms with van der Waals surface area (Å²) in [5.74, 6) is 0. The van der Waals surface area contributed by atoms with Crippen LogP contribution in [0.15, 0.2) is 46.7 Å². The third-order valence-electron chi connectivity index (χ3n) is 4.07. The molecular weight excluding hydrogens is 280 g/mol. The second-order valence-electron chi connectivity index (χ2n) is 6.86. The zero-order chi connectivity index (χ0) is 24.1. The fraction of sp³-hybridized carbons (Fsp3) is 0.273. The van der Waals surface area contributed by atoms with E-state index in [9.17, 15) is 0 Å². The van der Waals surface area contributed by atoms with Gasteiger partial charge in [0.05, 0.1) is 8.22 Å². The summed E-state index contributed by atoms with van der Waals surface area (Å²) in [6.07, 6.45) is 0. The molecule has 1 heteroatoms. The van der Waals surface area contributed by atoms with Gasteiger partial charge in [0.15, 0.2) is 0 Å². The molecule has 0 amide bonds. The summed E-state index contributed by atoms with van der Waals surface area (Å²) < 4.78 is 80.2. The smallest absolute Gasteiger partial charge is 0.143 e. The predicted octanol–water partition coefficient (Wildman–Crippen LogP) is 6.65. The van der Waals surface area contributed by atoms with Gasteiger partial charge < -0.3 is 4.42 Å². The molecule has 0 aliphatic carbocycles. The Kier molecular flexibility index (Phi) is 1.51. The number of rotatable bonds is 0. The molecule has 0 N–H and O–H groups in total. The van der Waals surface area contributed by atoms with E-state index in [-0.39, 0.29) is 56.9 Å². The van der Waals surface area contributed by atoms with Gasteiger partial charge in [-0.05, 0) is 42.2 Å². The molecule has 0 fully saturated rings. The van der Waals surface area contributed by atoms with E-state index in [4.69, 9.17) is 16.8 Å². The van der Waals surface area contributed by atoms with Crippen molar-refractivity contribution in [3.8, 4) is 0 Å². The SMILES string of the molecule is [2H]c1c(C([2H])([2H])[2H])cc2c(c1[2H])c([2H])c([2H])c1c2oc2c(C(C)(C)C)c(C)c([2H])c([2H])c21. The van der Waals surface area contributed by atoms with Crippen LogP contribution in [0.5, 0.6) is 0 Å². The molecule has 1 nitrogen and oxygen atoms in total. The van der Waals surface area contributed by atoms with Gasteiger partial charge in [0.1, 0.15) is 11.2 Å². The fourth-order valence-corrected chi connectivity index (χ4v) is 3.18. The first-order chi connectivity index (χ1) is 14.6. The van der Waals surface area contributed by atoms with Crippen LogP contribution in [0.4, 0.5) is 0 Å². The third-order valence-corrected chi connectivity index (χ3v) is 4.07. The monoisotopic (exact) mass is 311 g/mol. The maximum Gasteiger partial charge on any atom is 0.143 e. The normalized spacial score (nSPS) is 18.7. The minimum absolute atomic E-state index is 0.00187. The molecule has 116 valence electrons. The Labute approximate surface area is 149 Å².